The Morgan fingerprint density at radius 2 is 1.78 bits per heavy atom. The molecule has 3 N–H and O–H groups in total. The molecule has 27 heavy (non-hydrogen) atoms. The summed E-state index contributed by atoms with van der Waals surface area (Å²) in [6, 6.07) is 11.5. The van der Waals surface area contributed by atoms with E-state index in [1.54, 1.807) is 43.3 Å². The summed E-state index contributed by atoms with van der Waals surface area (Å²) < 4.78 is 0. The van der Waals surface area contributed by atoms with Gasteiger partial charge in [-0.15, -0.1) is 0 Å². The van der Waals surface area contributed by atoms with E-state index in [1.165, 1.54) is 6.07 Å². The number of carbonyl (C=O) groups excluding carboxylic acids is 2. The van der Waals surface area contributed by atoms with Crippen LogP contribution in [0.3, 0.4) is 0 Å². The first-order valence-corrected chi connectivity index (χ1v) is 8.77. The van der Waals surface area contributed by atoms with Crippen molar-refractivity contribution in [2.45, 2.75) is 27.2 Å². The third-order valence-corrected chi connectivity index (χ3v) is 4.03. The number of carboxylic acid groups (broad SMARTS) is 1. The van der Waals surface area contributed by atoms with Crippen LogP contribution in [0.1, 0.15) is 45.7 Å². The highest BCUT2D eigenvalue weighted by Crippen LogP contribution is 2.18. The molecule has 6 heteroatoms. The Hall–Kier alpha value is -3.15. The van der Waals surface area contributed by atoms with Gasteiger partial charge in [-0.25, -0.2) is 4.79 Å². The predicted octanol–water partition coefficient (Wildman–Crippen LogP) is 3.26. The molecule has 0 aliphatic heterocycles. The van der Waals surface area contributed by atoms with Gasteiger partial charge in [0.15, 0.2) is 0 Å². The van der Waals surface area contributed by atoms with Crippen LogP contribution in [-0.4, -0.2) is 29.4 Å². The second kappa shape index (κ2) is 8.98. The first-order valence-electron chi connectivity index (χ1n) is 8.77. The van der Waals surface area contributed by atoms with Crippen LogP contribution >= 0.6 is 0 Å². The van der Waals surface area contributed by atoms with Crippen molar-refractivity contribution in [2.75, 3.05) is 11.9 Å². The van der Waals surface area contributed by atoms with Crippen molar-refractivity contribution in [3.63, 3.8) is 0 Å². The van der Waals surface area contributed by atoms with Crippen molar-refractivity contribution < 1.29 is 19.5 Å². The van der Waals surface area contributed by atoms with E-state index >= 15 is 0 Å². The summed E-state index contributed by atoms with van der Waals surface area (Å²) in [5, 5.41) is 14.8. The molecule has 0 aliphatic carbocycles. The largest absolute Gasteiger partial charge is 0.478 e. The van der Waals surface area contributed by atoms with Gasteiger partial charge in [-0.05, 0) is 48.2 Å². The standard InChI is InChI=1S/C21H24N2O4/c1-13(2)12-22-20(25)16-8-9-18(14(3)10-16)23-19(24)11-15-6-4-5-7-17(15)21(26)27/h4-10,13H,11-12H2,1-3H3,(H,22,25)(H,23,24)(H,26,27). The molecule has 2 aromatic rings. The van der Waals surface area contributed by atoms with Crippen LogP contribution in [0.2, 0.25) is 0 Å². The minimum atomic E-state index is -1.06. The van der Waals surface area contributed by atoms with Crippen LogP contribution in [0.15, 0.2) is 42.5 Å². The van der Waals surface area contributed by atoms with Crippen molar-refractivity contribution in [3.05, 3.63) is 64.7 Å². The molecule has 0 unspecified atom stereocenters. The van der Waals surface area contributed by atoms with Crippen molar-refractivity contribution in [1.82, 2.24) is 5.32 Å². The van der Waals surface area contributed by atoms with E-state index in [2.05, 4.69) is 10.6 Å². The summed E-state index contributed by atoms with van der Waals surface area (Å²) in [5.41, 5.74) is 2.44. The lowest BCUT2D eigenvalue weighted by Crippen LogP contribution is -2.27. The van der Waals surface area contributed by atoms with Crippen LogP contribution in [0.25, 0.3) is 0 Å². The molecule has 0 fully saturated rings. The van der Waals surface area contributed by atoms with Gasteiger partial charge in [0.1, 0.15) is 0 Å². The smallest absolute Gasteiger partial charge is 0.335 e. The maximum atomic E-state index is 12.3. The number of carbonyl (C=O) groups is 3. The van der Waals surface area contributed by atoms with Crippen molar-refractivity contribution in [3.8, 4) is 0 Å². The van der Waals surface area contributed by atoms with E-state index in [4.69, 9.17) is 0 Å². The summed E-state index contributed by atoms with van der Waals surface area (Å²) in [5.74, 6) is -1.17. The van der Waals surface area contributed by atoms with Gasteiger partial charge in [0.05, 0.1) is 12.0 Å². The highest BCUT2D eigenvalue weighted by molar-refractivity contribution is 5.98. The van der Waals surface area contributed by atoms with E-state index in [0.29, 0.717) is 29.3 Å². The molecule has 0 saturated heterocycles. The summed E-state index contributed by atoms with van der Waals surface area (Å²) in [6.07, 6.45) is -0.0431. The van der Waals surface area contributed by atoms with E-state index in [1.807, 2.05) is 13.8 Å². The molecule has 0 bridgehead atoms. The van der Waals surface area contributed by atoms with Gasteiger partial charge in [-0.2, -0.15) is 0 Å². The number of aryl methyl sites for hydroxylation is 1. The second-order valence-corrected chi connectivity index (χ2v) is 6.82. The summed E-state index contributed by atoms with van der Waals surface area (Å²) >= 11 is 0. The van der Waals surface area contributed by atoms with Crippen LogP contribution in [-0.2, 0) is 11.2 Å². The Kier molecular flexibility index (Phi) is 6.71. The van der Waals surface area contributed by atoms with Gasteiger partial charge in [-0.1, -0.05) is 32.0 Å². The molecule has 142 valence electrons. The van der Waals surface area contributed by atoms with E-state index < -0.39 is 5.97 Å². The molecule has 0 heterocycles. The van der Waals surface area contributed by atoms with Crippen LogP contribution in [0, 0.1) is 12.8 Å². The Morgan fingerprint density at radius 1 is 1.07 bits per heavy atom. The number of rotatable bonds is 7. The molecule has 0 spiro atoms. The maximum Gasteiger partial charge on any atom is 0.335 e. The third-order valence-electron chi connectivity index (χ3n) is 4.03. The predicted molar refractivity (Wildman–Crippen MR) is 104 cm³/mol. The van der Waals surface area contributed by atoms with Crippen LogP contribution in [0.5, 0.6) is 0 Å². The van der Waals surface area contributed by atoms with Gasteiger partial charge in [0.2, 0.25) is 5.91 Å². The average Bonchev–Trinajstić information content (AvgIpc) is 2.61. The minimum Gasteiger partial charge on any atom is -0.478 e. The molecule has 2 rings (SSSR count). The number of hydrogen-bond acceptors (Lipinski definition) is 3. The molecule has 0 atom stereocenters. The summed E-state index contributed by atoms with van der Waals surface area (Å²) in [6.45, 7) is 6.44. The van der Waals surface area contributed by atoms with E-state index in [-0.39, 0.29) is 23.8 Å². The van der Waals surface area contributed by atoms with E-state index in [0.717, 1.165) is 5.56 Å². The molecular formula is C21H24N2O4. The molecule has 2 amide bonds. The lowest BCUT2D eigenvalue weighted by Gasteiger charge is -2.12. The zero-order valence-electron chi connectivity index (χ0n) is 15.7. The average molecular weight is 368 g/mol. The molecule has 0 radical (unpaired) electrons. The second-order valence-electron chi connectivity index (χ2n) is 6.82. The van der Waals surface area contributed by atoms with Gasteiger partial charge in [0.25, 0.3) is 5.91 Å². The first kappa shape index (κ1) is 20.2. The number of nitrogens with one attached hydrogen (secondary N) is 2. The third kappa shape index (κ3) is 5.67. The Bertz CT molecular complexity index is 859. The number of amides is 2. The van der Waals surface area contributed by atoms with Crippen molar-refractivity contribution in [1.29, 1.82) is 0 Å². The fourth-order valence-electron chi connectivity index (χ4n) is 2.59. The first-order chi connectivity index (χ1) is 12.8. The topological polar surface area (TPSA) is 95.5 Å². The fourth-order valence-corrected chi connectivity index (χ4v) is 2.59. The van der Waals surface area contributed by atoms with Crippen molar-refractivity contribution >= 4 is 23.5 Å². The number of hydrogen-bond donors (Lipinski definition) is 3. The van der Waals surface area contributed by atoms with Gasteiger partial charge in [-0.3, -0.25) is 9.59 Å². The molecule has 0 aliphatic rings. The zero-order chi connectivity index (χ0) is 20.0. The summed E-state index contributed by atoms with van der Waals surface area (Å²) in [7, 11) is 0. The van der Waals surface area contributed by atoms with Crippen LogP contribution < -0.4 is 10.6 Å². The molecule has 0 aromatic heterocycles. The van der Waals surface area contributed by atoms with Gasteiger partial charge < -0.3 is 15.7 Å². The molecular weight excluding hydrogens is 344 g/mol. The number of benzene rings is 2. The number of anilines is 1. The summed E-state index contributed by atoms with van der Waals surface area (Å²) in [4.78, 5) is 35.7. The van der Waals surface area contributed by atoms with Crippen molar-refractivity contribution in [2.24, 2.45) is 5.92 Å². The van der Waals surface area contributed by atoms with Crippen LogP contribution in [0.4, 0.5) is 5.69 Å². The normalized spacial score (nSPS) is 10.5. The minimum absolute atomic E-state index is 0.0431. The van der Waals surface area contributed by atoms with E-state index in [9.17, 15) is 19.5 Å². The Labute approximate surface area is 158 Å². The number of aromatic carboxylic acids is 1. The lowest BCUT2D eigenvalue weighted by molar-refractivity contribution is -0.115. The SMILES string of the molecule is Cc1cc(C(=O)NCC(C)C)ccc1NC(=O)Cc1ccccc1C(=O)O. The molecule has 0 saturated carbocycles. The maximum absolute atomic E-state index is 12.3. The van der Waals surface area contributed by atoms with Gasteiger partial charge >= 0.3 is 5.97 Å². The fraction of sp³-hybridized carbons (Fsp3) is 0.286. The number of carboxylic acids is 1. The Morgan fingerprint density at radius 3 is 2.41 bits per heavy atom. The highest BCUT2D eigenvalue weighted by Gasteiger charge is 2.14. The lowest BCUT2D eigenvalue weighted by atomic mass is 10.0. The molecule has 2 aromatic carbocycles. The monoisotopic (exact) mass is 368 g/mol. The highest BCUT2D eigenvalue weighted by atomic mass is 16.4. The molecule has 6 nitrogen and oxygen atoms in total. The quantitative estimate of drug-likeness (QED) is 0.699. The Balaban J connectivity index is 2.06. The van der Waals surface area contributed by atoms with Gasteiger partial charge in [0, 0.05) is 17.8 Å². The zero-order valence-corrected chi connectivity index (χ0v) is 15.7.